The lowest BCUT2D eigenvalue weighted by Crippen LogP contribution is -2.15. The van der Waals surface area contributed by atoms with Gasteiger partial charge in [0.05, 0.1) is 0 Å². The van der Waals surface area contributed by atoms with Crippen LogP contribution < -0.4 is 0 Å². The minimum absolute atomic E-state index is 0.291. The Kier molecular flexibility index (Phi) is 4.39. The van der Waals surface area contributed by atoms with E-state index in [1.165, 1.54) is 6.07 Å². The molecular formula is C10H10Cl2O3. The zero-order chi connectivity index (χ0) is 11.4. The van der Waals surface area contributed by atoms with Crippen LogP contribution in [0.4, 0.5) is 0 Å². The molecule has 0 amide bonds. The monoisotopic (exact) mass is 248 g/mol. The van der Waals surface area contributed by atoms with E-state index in [1.807, 2.05) is 0 Å². The molecule has 0 spiro atoms. The summed E-state index contributed by atoms with van der Waals surface area (Å²) in [6.07, 6.45) is -1.07. The number of aliphatic carboxylic acids is 1. The van der Waals surface area contributed by atoms with Gasteiger partial charge in [0.15, 0.2) is 6.10 Å². The van der Waals surface area contributed by atoms with Gasteiger partial charge >= 0.3 is 5.97 Å². The molecule has 1 N–H and O–H groups in total. The summed E-state index contributed by atoms with van der Waals surface area (Å²) in [6.45, 7) is 2.01. The van der Waals surface area contributed by atoms with Crippen LogP contribution in [-0.2, 0) is 9.53 Å². The Morgan fingerprint density at radius 1 is 1.53 bits per heavy atom. The third-order valence-corrected chi connectivity index (χ3v) is 2.38. The van der Waals surface area contributed by atoms with Crippen molar-refractivity contribution in [2.45, 2.75) is 13.0 Å². The number of hydrogen-bond donors (Lipinski definition) is 1. The summed E-state index contributed by atoms with van der Waals surface area (Å²) in [7, 11) is 0. The number of halogens is 2. The summed E-state index contributed by atoms with van der Waals surface area (Å²) in [5.41, 5.74) is 0.374. The molecule has 0 aliphatic carbocycles. The zero-order valence-corrected chi connectivity index (χ0v) is 9.55. The summed E-state index contributed by atoms with van der Waals surface area (Å²) >= 11 is 11.6. The smallest absolute Gasteiger partial charge is 0.337 e. The number of ether oxygens (including phenoxy) is 1. The lowest BCUT2D eigenvalue weighted by Gasteiger charge is -2.14. The molecule has 1 aromatic rings. The normalized spacial score (nSPS) is 12.5. The minimum atomic E-state index is -1.08. The Morgan fingerprint density at radius 2 is 2.20 bits per heavy atom. The van der Waals surface area contributed by atoms with Gasteiger partial charge in [0.25, 0.3) is 0 Å². The van der Waals surface area contributed by atoms with Crippen LogP contribution in [0.3, 0.4) is 0 Å². The van der Waals surface area contributed by atoms with Crippen molar-refractivity contribution in [1.29, 1.82) is 0 Å². The topological polar surface area (TPSA) is 46.5 Å². The first-order valence-electron chi connectivity index (χ1n) is 4.35. The molecule has 0 bridgehead atoms. The highest BCUT2D eigenvalue weighted by molar-refractivity contribution is 6.33. The van der Waals surface area contributed by atoms with Crippen LogP contribution in [0, 0.1) is 0 Å². The van der Waals surface area contributed by atoms with Gasteiger partial charge in [-0.2, -0.15) is 0 Å². The van der Waals surface area contributed by atoms with Crippen molar-refractivity contribution < 1.29 is 14.6 Å². The van der Waals surface area contributed by atoms with E-state index in [0.717, 1.165) is 0 Å². The first kappa shape index (κ1) is 12.3. The van der Waals surface area contributed by atoms with E-state index in [1.54, 1.807) is 19.1 Å². The van der Waals surface area contributed by atoms with Crippen molar-refractivity contribution in [1.82, 2.24) is 0 Å². The second-order valence-corrected chi connectivity index (χ2v) is 3.68. The van der Waals surface area contributed by atoms with Gasteiger partial charge in [0, 0.05) is 22.2 Å². The van der Waals surface area contributed by atoms with Gasteiger partial charge in [-0.05, 0) is 25.1 Å². The summed E-state index contributed by atoms with van der Waals surface area (Å²) in [6, 6.07) is 4.64. The maximum atomic E-state index is 10.9. The molecule has 1 unspecified atom stereocenters. The summed E-state index contributed by atoms with van der Waals surface area (Å²) < 4.78 is 5.08. The SMILES string of the molecule is CCOC(C(=O)O)c1cc(Cl)ccc1Cl. The highest BCUT2D eigenvalue weighted by Gasteiger charge is 2.22. The zero-order valence-electron chi connectivity index (χ0n) is 8.04. The summed E-state index contributed by atoms with van der Waals surface area (Å²) in [4.78, 5) is 10.9. The molecule has 1 atom stereocenters. The van der Waals surface area contributed by atoms with Gasteiger partial charge in [-0.25, -0.2) is 4.79 Å². The Hall–Kier alpha value is -0.770. The largest absolute Gasteiger partial charge is 0.479 e. The fourth-order valence-corrected chi connectivity index (χ4v) is 1.57. The molecule has 0 saturated carbocycles. The first-order valence-corrected chi connectivity index (χ1v) is 5.11. The average molecular weight is 249 g/mol. The molecule has 15 heavy (non-hydrogen) atoms. The molecule has 0 fully saturated rings. The van der Waals surface area contributed by atoms with Crippen LogP contribution in [0.1, 0.15) is 18.6 Å². The summed E-state index contributed by atoms with van der Waals surface area (Å²) in [5.74, 6) is -1.08. The van der Waals surface area contributed by atoms with Gasteiger partial charge in [0.2, 0.25) is 0 Å². The molecule has 0 aliphatic heterocycles. The first-order chi connectivity index (χ1) is 7.06. The van der Waals surface area contributed by atoms with E-state index in [2.05, 4.69) is 0 Å². The highest BCUT2D eigenvalue weighted by Crippen LogP contribution is 2.28. The maximum Gasteiger partial charge on any atom is 0.337 e. The summed E-state index contributed by atoms with van der Waals surface area (Å²) in [5, 5.41) is 9.71. The molecule has 82 valence electrons. The van der Waals surface area contributed by atoms with Crippen molar-refractivity contribution in [3.63, 3.8) is 0 Å². The number of hydrogen-bond acceptors (Lipinski definition) is 2. The second-order valence-electron chi connectivity index (χ2n) is 2.84. The lowest BCUT2D eigenvalue weighted by atomic mass is 10.1. The molecule has 0 aliphatic rings. The highest BCUT2D eigenvalue weighted by atomic mass is 35.5. The van der Waals surface area contributed by atoms with E-state index in [9.17, 15) is 4.79 Å². The van der Waals surface area contributed by atoms with Crippen LogP contribution in [0.15, 0.2) is 18.2 Å². The van der Waals surface area contributed by atoms with Gasteiger partial charge < -0.3 is 9.84 Å². The van der Waals surface area contributed by atoms with Crippen molar-refractivity contribution in [3.8, 4) is 0 Å². The van der Waals surface area contributed by atoms with Crippen molar-refractivity contribution >= 4 is 29.2 Å². The fraction of sp³-hybridized carbons (Fsp3) is 0.300. The van der Waals surface area contributed by atoms with Gasteiger partial charge in [-0.15, -0.1) is 0 Å². The third kappa shape index (κ3) is 3.09. The van der Waals surface area contributed by atoms with E-state index in [4.69, 9.17) is 33.0 Å². The van der Waals surface area contributed by atoms with Crippen molar-refractivity contribution in [2.24, 2.45) is 0 Å². The Labute approximate surface area is 97.6 Å². The van der Waals surface area contributed by atoms with Crippen molar-refractivity contribution in [3.05, 3.63) is 33.8 Å². The Bertz CT molecular complexity index is 366. The molecule has 1 rings (SSSR count). The molecular weight excluding hydrogens is 239 g/mol. The Morgan fingerprint density at radius 3 is 2.73 bits per heavy atom. The van der Waals surface area contributed by atoms with E-state index < -0.39 is 12.1 Å². The van der Waals surface area contributed by atoms with Crippen LogP contribution in [0.5, 0.6) is 0 Å². The molecule has 0 aromatic heterocycles. The molecule has 3 nitrogen and oxygen atoms in total. The maximum absolute atomic E-state index is 10.9. The number of rotatable bonds is 4. The van der Waals surface area contributed by atoms with Crippen molar-refractivity contribution in [2.75, 3.05) is 6.61 Å². The molecule has 5 heteroatoms. The standard InChI is InChI=1S/C10H10Cl2O3/c1-2-15-9(10(13)14)7-5-6(11)3-4-8(7)12/h3-5,9H,2H2,1H3,(H,13,14). The third-order valence-electron chi connectivity index (χ3n) is 1.80. The van der Waals surface area contributed by atoms with E-state index >= 15 is 0 Å². The predicted octanol–water partition coefficient (Wildman–Crippen LogP) is 3.16. The molecule has 0 heterocycles. The number of carboxylic acids is 1. The Balaban J connectivity index is 3.09. The fourth-order valence-electron chi connectivity index (χ4n) is 1.18. The van der Waals surface area contributed by atoms with Gasteiger partial charge in [-0.1, -0.05) is 23.2 Å². The second kappa shape index (κ2) is 5.35. The average Bonchev–Trinajstić information content (AvgIpc) is 2.18. The van der Waals surface area contributed by atoms with Crippen LogP contribution >= 0.6 is 23.2 Å². The van der Waals surface area contributed by atoms with Crippen LogP contribution in [0.2, 0.25) is 10.0 Å². The van der Waals surface area contributed by atoms with Crippen LogP contribution in [0.25, 0.3) is 0 Å². The molecule has 0 saturated heterocycles. The van der Waals surface area contributed by atoms with Gasteiger partial charge in [-0.3, -0.25) is 0 Å². The number of carboxylic acid groups (broad SMARTS) is 1. The van der Waals surface area contributed by atoms with Crippen LogP contribution in [-0.4, -0.2) is 17.7 Å². The molecule has 1 aromatic carbocycles. The lowest BCUT2D eigenvalue weighted by molar-refractivity contribution is -0.150. The van der Waals surface area contributed by atoms with Gasteiger partial charge in [0.1, 0.15) is 0 Å². The quantitative estimate of drug-likeness (QED) is 0.891. The number of carbonyl (C=O) groups is 1. The van der Waals surface area contributed by atoms with E-state index in [0.29, 0.717) is 22.2 Å². The number of benzene rings is 1. The minimum Gasteiger partial charge on any atom is -0.479 e. The molecule has 0 radical (unpaired) electrons. The van der Waals surface area contributed by atoms with E-state index in [-0.39, 0.29) is 0 Å². The predicted molar refractivity (Wildman–Crippen MR) is 58.5 cm³/mol.